The largest absolute Gasteiger partial charge is 0.317 e. The number of halogens is 3. The lowest BCUT2D eigenvalue weighted by atomic mass is 10.0. The molecule has 0 spiro atoms. The Labute approximate surface area is 123 Å². The molecule has 1 amide bonds. The van der Waals surface area contributed by atoms with Crippen LogP contribution in [0.25, 0.3) is 0 Å². The smallest absolute Gasteiger partial charge is 0.256 e. The second-order valence-corrected chi connectivity index (χ2v) is 5.12. The molecule has 20 heavy (non-hydrogen) atoms. The number of hydrogen-bond donors (Lipinski definition) is 1. The highest BCUT2D eigenvalue weighted by Gasteiger charge is 2.16. The lowest BCUT2D eigenvalue weighted by Crippen LogP contribution is -2.16. The maximum absolute atomic E-state index is 13.7. The third-order valence-electron chi connectivity index (χ3n) is 2.89. The van der Waals surface area contributed by atoms with Gasteiger partial charge in [0.25, 0.3) is 5.91 Å². The van der Waals surface area contributed by atoms with Crippen molar-refractivity contribution in [3.05, 3.63) is 63.6 Å². The Morgan fingerprint density at radius 1 is 1.20 bits per heavy atom. The molecule has 2 aromatic carbocycles. The third-order valence-corrected chi connectivity index (χ3v) is 3.35. The molecule has 0 heterocycles. The highest BCUT2D eigenvalue weighted by atomic mass is 79.9. The van der Waals surface area contributed by atoms with Gasteiger partial charge in [-0.3, -0.25) is 4.79 Å². The third kappa shape index (κ3) is 3.04. The van der Waals surface area contributed by atoms with E-state index in [0.29, 0.717) is 12.0 Å². The maximum Gasteiger partial charge on any atom is 0.256 e. The van der Waals surface area contributed by atoms with Gasteiger partial charge in [-0.15, -0.1) is 0 Å². The van der Waals surface area contributed by atoms with E-state index >= 15 is 0 Å². The van der Waals surface area contributed by atoms with Crippen LogP contribution in [0.3, 0.4) is 0 Å². The number of nitrogens with one attached hydrogen (secondary N) is 1. The first kappa shape index (κ1) is 14.7. The first-order valence-electron chi connectivity index (χ1n) is 6.06. The van der Waals surface area contributed by atoms with Gasteiger partial charge in [-0.25, -0.2) is 8.78 Å². The van der Waals surface area contributed by atoms with E-state index < -0.39 is 23.2 Å². The summed E-state index contributed by atoms with van der Waals surface area (Å²) in [5, 5.41) is 2.29. The molecule has 104 valence electrons. The zero-order chi connectivity index (χ0) is 14.7. The molecule has 0 bridgehead atoms. The van der Waals surface area contributed by atoms with Crippen molar-refractivity contribution in [2.45, 2.75) is 13.3 Å². The van der Waals surface area contributed by atoms with Gasteiger partial charge >= 0.3 is 0 Å². The minimum absolute atomic E-state index is 0.277. The van der Waals surface area contributed by atoms with Gasteiger partial charge in [0, 0.05) is 10.0 Å². The second-order valence-electron chi connectivity index (χ2n) is 4.21. The fourth-order valence-electron chi connectivity index (χ4n) is 1.89. The Hall–Kier alpha value is -1.75. The number of benzene rings is 2. The summed E-state index contributed by atoms with van der Waals surface area (Å²) < 4.78 is 27.6. The Balaban J connectivity index is 2.33. The molecule has 0 saturated heterocycles. The molecule has 0 aliphatic carbocycles. The van der Waals surface area contributed by atoms with Crippen LogP contribution in [0.1, 0.15) is 22.8 Å². The van der Waals surface area contributed by atoms with Crippen molar-refractivity contribution in [1.82, 2.24) is 0 Å². The van der Waals surface area contributed by atoms with Crippen molar-refractivity contribution < 1.29 is 13.6 Å². The van der Waals surface area contributed by atoms with Crippen LogP contribution < -0.4 is 5.32 Å². The maximum atomic E-state index is 13.7. The average molecular weight is 340 g/mol. The predicted octanol–water partition coefficient (Wildman–Crippen LogP) is 4.54. The molecule has 2 rings (SSSR count). The molecule has 0 radical (unpaired) electrons. The van der Waals surface area contributed by atoms with Crippen LogP contribution >= 0.6 is 15.9 Å². The number of anilines is 1. The van der Waals surface area contributed by atoms with Gasteiger partial charge < -0.3 is 5.32 Å². The highest BCUT2D eigenvalue weighted by molar-refractivity contribution is 9.10. The van der Waals surface area contributed by atoms with E-state index in [4.69, 9.17) is 0 Å². The van der Waals surface area contributed by atoms with Crippen LogP contribution in [-0.2, 0) is 6.42 Å². The summed E-state index contributed by atoms with van der Waals surface area (Å²) in [5.74, 6) is -2.17. The predicted molar refractivity (Wildman–Crippen MR) is 77.8 cm³/mol. The molecular formula is C15H12BrF2NO. The first-order valence-corrected chi connectivity index (χ1v) is 6.86. The van der Waals surface area contributed by atoms with E-state index in [9.17, 15) is 13.6 Å². The standard InChI is InChI=1S/C15H12BrF2NO/c1-2-9-5-3-4-6-11(9)15(20)19-14-12(17)7-10(16)8-13(14)18/h3-8H,2H2,1H3,(H,19,20). The molecule has 2 aromatic rings. The number of carbonyl (C=O) groups is 1. The van der Waals surface area contributed by atoms with Gasteiger partial charge in [0.2, 0.25) is 0 Å². The fourth-order valence-corrected chi connectivity index (χ4v) is 2.29. The van der Waals surface area contributed by atoms with Crippen molar-refractivity contribution in [2.24, 2.45) is 0 Å². The second kappa shape index (κ2) is 6.13. The van der Waals surface area contributed by atoms with Gasteiger partial charge in [0.05, 0.1) is 0 Å². The number of hydrogen-bond acceptors (Lipinski definition) is 1. The summed E-state index contributed by atoms with van der Waals surface area (Å²) in [6, 6.07) is 9.17. The number of aryl methyl sites for hydroxylation is 1. The molecule has 0 aromatic heterocycles. The number of amides is 1. The molecule has 0 unspecified atom stereocenters. The van der Waals surface area contributed by atoms with E-state index in [-0.39, 0.29) is 4.47 Å². The molecule has 0 aliphatic heterocycles. The van der Waals surface area contributed by atoms with E-state index in [1.54, 1.807) is 12.1 Å². The molecule has 0 fully saturated rings. The quantitative estimate of drug-likeness (QED) is 0.873. The summed E-state index contributed by atoms with van der Waals surface area (Å²) in [5.41, 5.74) is 0.795. The molecular weight excluding hydrogens is 328 g/mol. The fraction of sp³-hybridized carbons (Fsp3) is 0.133. The van der Waals surface area contributed by atoms with Crippen LogP contribution in [0, 0.1) is 11.6 Å². The lowest BCUT2D eigenvalue weighted by molar-refractivity contribution is 0.102. The van der Waals surface area contributed by atoms with Crippen molar-refractivity contribution in [3.63, 3.8) is 0 Å². The van der Waals surface area contributed by atoms with E-state index in [1.165, 1.54) is 0 Å². The van der Waals surface area contributed by atoms with Gasteiger partial charge in [0.15, 0.2) is 11.6 Å². The summed E-state index contributed by atoms with van der Waals surface area (Å²) in [6.07, 6.45) is 0.662. The van der Waals surface area contributed by atoms with Gasteiger partial charge in [-0.2, -0.15) is 0 Å². The molecule has 1 N–H and O–H groups in total. The Bertz CT molecular complexity index is 635. The topological polar surface area (TPSA) is 29.1 Å². The highest BCUT2D eigenvalue weighted by Crippen LogP contribution is 2.24. The molecule has 2 nitrogen and oxygen atoms in total. The van der Waals surface area contributed by atoms with Crippen LogP contribution in [0.4, 0.5) is 14.5 Å². The van der Waals surface area contributed by atoms with E-state index in [2.05, 4.69) is 21.2 Å². The average Bonchev–Trinajstić information content (AvgIpc) is 2.42. The van der Waals surface area contributed by atoms with Crippen LogP contribution in [0.15, 0.2) is 40.9 Å². The van der Waals surface area contributed by atoms with Crippen LogP contribution in [0.5, 0.6) is 0 Å². The van der Waals surface area contributed by atoms with E-state index in [1.807, 2.05) is 19.1 Å². The van der Waals surface area contributed by atoms with Gasteiger partial charge in [-0.1, -0.05) is 41.1 Å². The van der Waals surface area contributed by atoms with Crippen LogP contribution in [-0.4, -0.2) is 5.91 Å². The minimum Gasteiger partial charge on any atom is -0.317 e. The van der Waals surface area contributed by atoms with Crippen molar-refractivity contribution in [2.75, 3.05) is 5.32 Å². The van der Waals surface area contributed by atoms with E-state index in [0.717, 1.165) is 17.7 Å². The van der Waals surface area contributed by atoms with Gasteiger partial charge in [-0.05, 0) is 30.2 Å². The summed E-state index contributed by atoms with van der Waals surface area (Å²) in [7, 11) is 0. The zero-order valence-electron chi connectivity index (χ0n) is 10.7. The number of rotatable bonds is 3. The zero-order valence-corrected chi connectivity index (χ0v) is 12.3. The van der Waals surface area contributed by atoms with Crippen molar-refractivity contribution in [3.8, 4) is 0 Å². The van der Waals surface area contributed by atoms with Crippen molar-refractivity contribution >= 4 is 27.5 Å². The Morgan fingerprint density at radius 3 is 2.40 bits per heavy atom. The molecule has 0 atom stereocenters. The normalized spacial score (nSPS) is 10.4. The number of carbonyl (C=O) groups excluding carboxylic acids is 1. The molecule has 5 heteroatoms. The summed E-state index contributed by atoms with van der Waals surface area (Å²) >= 11 is 2.99. The Kier molecular flexibility index (Phi) is 4.49. The van der Waals surface area contributed by atoms with Crippen molar-refractivity contribution in [1.29, 1.82) is 0 Å². The van der Waals surface area contributed by atoms with Gasteiger partial charge in [0.1, 0.15) is 5.69 Å². The molecule has 0 saturated carbocycles. The molecule has 0 aliphatic rings. The monoisotopic (exact) mass is 339 g/mol. The lowest BCUT2D eigenvalue weighted by Gasteiger charge is -2.10. The minimum atomic E-state index is -0.820. The van der Waals surface area contributed by atoms with Crippen LogP contribution in [0.2, 0.25) is 0 Å². The SMILES string of the molecule is CCc1ccccc1C(=O)Nc1c(F)cc(Br)cc1F. The summed E-state index contributed by atoms with van der Waals surface area (Å²) in [6.45, 7) is 1.91. The first-order chi connectivity index (χ1) is 9.52. The Morgan fingerprint density at radius 2 is 1.80 bits per heavy atom. The summed E-state index contributed by atoms with van der Waals surface area (Å²) in [4.78, 5) is 12.1.